The Morgan fingerprint density at radius 1 is 1.07 bits per heavy atom. The molecule has 1 amide bonds. The van der Waals surface area contributed by atoms with E-state index in [-0.39, 0.29) is 23.6 Å². The van der Waals surface area contributed by atoms with Crippen LogP contribution in [0.25, 0.3) is 11.0 Å². The molecule has 0 fully saturated rings. The van der Waals surface area contributed by atoms with Crippen molar-refractivity contribution in [2.75, 3.05) is 11.6 Å². The molecule has 0 aliphatic rings. The van der Waals surface area contributed by atoms with Crippen molar-refractivity contribution in [2.45, 2.75) is 38.5 Å². The zero-order chi connectivity index (χ0) is 20.5. The molecule has 0 unspecified atom stereocenters. The molecule has 0 atom stereocenters. The van der Waals surface area contributed by atoms with Gasteiger partial charge in [0.15, 0.2) is 9.84 Å². The molecule has 1 aromatic heterocycles. The Hall–Kier alpha value is -2.67. The number of nitrogens with zero attached hydrogens (tertiary/aromatic N) is 2. The molecule has 0 bridgehead atoms. The van der Waals surface area contributed by atoms with Gasteiger partial charge in [-0.15, -0.1) is 0 Å². The number of anilines is 1. The average molecular weight is 400 g/mol. The summed E-state index contributed by atoms with van der Waals surface area (Å²) in [6, 6.07) is 15.1. The van der Waals surface area contributed by atoms with Crippen molar-refractivity contribution in [3.63, 3.8) is 0 Å². The molecule has 7 heteroatoms. The minimum Gasteiger partial charge on any atom is -0.325 e. The van der Waals surface area contributed by atoms with E-state index in [1.807, 2.05) is 42.5 Å². The minimum atomic E-state index is -3.28. The van der Waals surface area contributed by atoms with E-state index in [9.17, 15) is 13.2 Å². The number of carbonyl (C=O) groups excluding carboxylic acids is 1. The summed E-state index contributed by atoms with van der Waals surface area (Å²) in [6.07, 6.45) is 1.16. The molecule has 0 aliphatic carbocycles. The van der Waals surface area contributed by atoms with Gasteiger partial charge in [-0.2, -0.15) is 0 Å². The van der Waals surface area contributed by atoms with Crippen molar-refractivity contribution in [3.05, 3.63) is 59.9 Å². The van der Waals surface area contributed by atoms with Gasteiger partial charge in [-0.25, -0.2) is 13.4 Å². The van der Waals surface area contributed by atoms with E-state index < -0.39 is 9.84 Å². The number of sulfone groups is 1. The molecular formula is C21H25N3O3S. The first-order valence-electron chi connectivity index (χ1n) is 9.05. The van der Waals surface area contributed by atoms with Crippen LogP contribution in [0.1, 0.15) is 32.2 Å². The number of fused-ring (bicyclic) bond motifs is 1. The van der Waals surface area contributed by atoms with Crippen LogP contribution in [0.15, 0.2) is 48.5 Å². The smallest absolute Gasteiger partial charge is 0.244 e. The number of imidazole rings is 1. The topological polar surface area (TPSA) is 81.1 Å². The van der Waals surface area contributed by atoms with E-state index in [1.54, 1.807) is 10.6 Å². The summed E-state index contributed by atoms with van der Waals surface area (Å²) >= 11 is 0. The summed E-state index contributed by atoms with van der Waals surface area (Å²) in [6.45, 7) is 6.39. The van der Waals surface area contributed by atoms with Crippen LogP contribution in [0.2, 0.25) is 0 Å². The SMILES string of the molecule is CC(C)(C)c1ccc(NC(=O)Cn2c(CS(C)(=O)=O)nc3ccccc32)cc1. The molecule has 2 aromatic carbocycles. The quantitative estimate of drug-likeness (QED) is 0.712. The standard InChI is InChI=1S/C21H25N3O3S/c1-21(2,3)15-9-11-16(12-10-15)22-20(25)13-24-18-8-6-5-7-17(18)23-19(24)14-28(4,26)27/h5-12H,13-14H2,1-4H3,(H,22,25). The first-order chi connectivity index (χ1) is 13.0. The van der Waals surface area contributed by atoms with E-state index >= 15 is 0 Å². The van der Waals surface area contributed by atoms with Crippen LogP contribution < -0.4 is 5.32 Å². The van der Waals surface area contributed by atoms with Crippen LogP contribution in [0.5, 0.6) is 0 Å². The number of para-hydroxylation sites is 2. The van der Waals surface area contributed by atoms with E-state index in [1.165, 1.54) is 5.56 Å². The Labute approximate surface area is 165 Å². The van der Waals surface area contributed by atoms with Gasteiger partial charge in [0, 0.05) is 11.9 Å². The third-order valence-corrected chi connectivity index (χ3v) is 5.24. The van der Waals surface area contributed by atoms with Crippen LogP contribution in [0.4, 0.5) is 5.69 Å². The van der Waals surface area contributed by atoms with Gasteiger partial charge < -0.3 is 9.88 Å². The summed E-state index contributed by atoms with van der Waals surface area (Å²) in [5.41, 5.74) is 3.33. The Bertz CT molecular complexity index is 1110. The minimum absolute atomic E-state index is 0.00755. The van der Waals surface area contributed by atoms with Crippen LogP contribution in [0, 0.1) is 0 Å². The lowest BCUT2D eigenvalue weighted by molar-refractivity contribution is -0.116. The third-order valence-electron chi connectivity index (χ3n) is 4.46. The molecule has 0 radical (unpaired) electrons. The van der Waals surface area contributed by atoms with Crippen molar-refractivity contribution >= 4 is 32.5 Å². The van der Waals surface area contributed by atoms with Crippen molar-refractivity contribution in [2.24, 2.45) is 0 Å². The molecule has 0 saturated carbocycles. The highest BCUT2D eigenvalue weighted by Crippen LogP contribution is 2.23. The Morgan fingerprint density at radius 2 is 1.71 bits per heavy atom. The van der Waals surface area contributed by atoms with Crippen LogP contribution in [-0.2, 0) is 32.3 Å². The first kappa shape index (κ1) is 20.1. The van der Waals surface area contributed by atoms with Crippen molar-refractivity contribution in [3.8, 4) is 0 Å². The molecule has 3 rings (SSSR count). The molecule has 3 aromatic rings. The second kappa shape index (κ2) is 7.39. The van der Waals surface area contributed by atoms with Crippen LogP contribution in [-0.4, -0.2) is 30.1 Å². The molecule has 6 nitrogen and oxygen atoms in total. The monoisotopic (exact) mass is 399 g/mol. The lowest BCUT2D eigenvalue weighted by Crippen LogP contribution is -2.21. The van der Waals surface area contributed by atoms with Gasteiger partial charge in [-0.1, -0.05) is 45.0 Å². The second-order valence-electron chi connectivity index (χ2n) is 8.05. The highest BCUT2D eigenvalue weighted by molar-refractivity contribution is 7.89. The molecule has 1 N–H and O–H groups in total. The van der Waals surface area contributed by atoms with Gasteiger partial charge in [-0.3, -0.25) is 4.79 Å². The fourth-order valence-electron chi connectivity index (χ4n) is 3.04. The molecular weight excluding hydrogens is 374 g/mol. The van der Waals surface area contributed by atoms with Gasteiger partial charge in [0.1, 0.15) is 18.1 Å². The zero-order valence-corrected chi connectivity index (χ0v) is 17.4. The fraction of sp³-hybridized carbons (Fsp3) is 0.333. The fourth-order valence-corrected chi connectivity index (χ4v) is 3.73. The maximum Gasteiger partial charge on any atom is 0.244 e. The van der Waals surface area contributed by atoms with E-state index in [0.29, 0.717) is 17.0 Å². The second-order valence-corrected chi connectivity index (χ2v) is 10.2. The molecule has 0 spiro atoms. The zero-order valence-electron chi connectivity index (χ0n) is 16.6. The number of rotatable bonds is 5. The molecule has 0 aliphatic heterocycles. The lowest BCUT2D eigenvalue weighted by Gasteiger charge is -2.19. The van der Waals surface area contributed by atoms with E-state index in [4.69, 9.17) is 0 Å². The predicted octanol–water partition coefficient (Wildman–Crippen LogP) is 3.52. The van der Waals surface area contributed by atoms with Gasteiger partial charge >= 0.3 is 0 Å². The van der Waals surface area contributed by atoms with Crippen LogP contribution >= 0.6 is 0 Å². The molecule has 148 valence electrons. The normalized spacial score (nSPS) is 12.3. The maximum atomic E-state index is 12.6. The van der Waals surface area contributed by atoms with Crippen LogP contribution in [0.3, 0.4) is 0 Å². The predicted molar refractivity (Wildman–Crippen MR) is 112 cm³/mol. The van der Waals surface area contributed by atoms with Gasteiger partial charge in [0.25, 0.3) is 0 Å². The van der Waals surface area contributed by atoms with Gasteiger partial charge in [0.2, 0.25) is 5.91 Å². The van der Waals surface area contributed by atoms with Crippen molar-refractivity contribution in [1.82, 2.24) is 9.55 Å². The maximum absolute atomic E-state index is 12.6. The van der Waals surface area contributed by atoms with E-state index in [0.717, 1.165) is 11.8 Å². The summed E-state index contributed by atoms with van der Waals surface area (Å²) in [5.74, 6) is -0.0850. The van der Waals surface area contributed by atoms with E-state index in [2.05, 4.69) is 31.1 Å². The third kappa shape index (κ3) is 4.78. The number of nitrogens with one attached hydrogen (secondary N) is 1. The highest BCUT2D eigenvalue weighted by Gasteiger charge is 2.18. The first-order valence-corrected chi connectivity index (χ1v) is 11.1. The molecule has 0 saturated heterocycles. The molecule has 1 heterocycles. The lowest BCUT2D eigenvalue weighted by atomic mass is 9.87. The summed E-state index contributed by atoms with van der Waals surface area (Å²) in [4.78, 5) is 17.0. The number of amides is 1. The van der Waals surface area contributed by atoms with Crippen molar-refractivity contribution in [1.29, 1.82) is 0 Å². The van der Waals surface area contributed by atoms with Gasteiger partial charge in [-0.05, 0) is 35.2 Å². The average Bonchev–Trinajstić information content (AvgIpc) is 2.90. The Morgan fingerprint density at radius 3 is 2.32 bits per heavy atom. The number of hydrogen-bond acceptors (Lipinski definition) is 4. The Kier molecular flexibility index (Phi) is 5.30. The summed E-state index contributed by atoms with van der Waals surface area (Å²) in [5, 5.41) is 2.88. The number of carbonyl (C=O) groups is 1. The molecule has 28 heavy (non-hydrogen) atoms. The number of aromatic nitrogens is 2. The highest BCUT2D eigenvalue weighted by atomic mass is 32.2. The Balaban J connectivity index is 1.83. The largest absolute Gasteiger partial charge is 0.325 e. The summed E-state index contributed by atoms with van der Waals surface area (Å²) < 4.78 is 25.2. The number of benzene rings is 2. The van der Waals surface area contributed by atoms with Crippen molar-refractivity contribution < 1.29 is 13.2 Å². The van der Waals surface area contributed by atoms with Gasteiger partial charge in [0.05, 0.1) is 11.0 Å². The summed E-state index contributed by atoms with van der Waals surface area (Å²) in [7, 11) is -3.28. The number of hydrogen-bond donors (Lipinski definition) is 1.